The van der Waals surface area contributed by atoms with E-state index in [1.807, 2.05) is 0 Å². The van der Waals surface area contributed by atoms with Gasteiger partial charge in [0.1, 0.15) is 5.60 Å². The van der Waals surface area contributed by atoms with Gasteiger partial charge in [-0.2, -0.15) is 13.2 Å². The number of halogens is 3. The van der Waals surface area contributed by atoms with Crippen molar-refractivity contribution in [3.8, 4) is 0 Å². The zero-order valence-electron chi connectivity index (χ0n) is 14.8. The topological polar surface area (TPSA) is 46.6 Å². The Kier molecular flexibility index (Phi) is 5.64. The van der Waals surface area contributed by atoms with E-state index < -0.39 is 23.4 Å². The number of likely N-dealkylation sites (tertiary alicyclic amines) is 1. The highest BCUT2D eigenvalue weighted by Crippen LogP contribution is 2.35. The summed E-state index contributed by atoms with van der Waals surface area (Å²) >= 11 is 0. The molecular formula is C18H24F3NO3. The molecule has 4 nitrogen and oxygen atoms in total. The lowest BCUT2D eigenvalue weighted by molar-refractivity contribution is -0.121. The third kappa shape index (κ3) is 5.34. The molecule has 0 aromatic rings. The number of nitrogens with zero attached hydrogens (tertiary/aromatic N) is 1. The summed E-state index contributed by atoms with van der Waals surface area (Å²) in [7, 11) is 0. The molecule has 0 saturated carbocycles. The molecule has 1 heterocycles. The normalized spacial score (nSPS) is 20.0. The van der Waals surface area contributed by atoms with Crippen LogP contribution < -0.4 is 0 Å². The van der Waals surface area contributed by atoms with Crippen LogP contribution in [0.2, 0.25) is 0 Å². The third-order valence-corrected chi connectivity index (χ3v) is 4.31. The van der Waals surface area contributed by atoms with E-state index >= 15 is 0 Å². The fourth-order valence-corrected chi connectivity index (χ4v) is 3.01. The number of carbonyl (C=O) groups excluding carboxylic acids is 2. The summed E-state index contributed by atoms with van der Waals surface area (Å²) in [6.07, 6.45) is -1.43. The second-order valence-corrected chi connectivity index (χ2v) is 7.47. The highest BCUT2D eigenvalue weighted by molar-refractivity contribution is 5.98. The van der Waals surface area contributed by atoms with Crippen molar-refractivity contribution in [1.29, 1.82) is 0 Å². The Morgan fingerprint density at radius 2 is 1.72 bits per heavy atom. The van der Waals surface area contributed by atoms with Crippen LogP contribution in [0.1, 0.15) is 46.5 Å². The Morgan fingerprint density at radius 3 is 2.24 bits per heavy atom. The maximum absolute atomic E-state index is 12.8. The molecule has 0 aromatic carbocycles. The lowest BCUT2D eigenvalue weighted by Crippen LogP contribution is -2.43. The SMILES string of the molecule is CC(C)(C)OC(=O)N1CCC(C(=O)C2=CCC=C(C(F)(F)F)C2)CC1. The van der Waals surface area contributed by atoms with Crippen LogP contribution in [-0.4, -0.2) is 41.6 Å². The van der Waals surface area contributed by atoms with Crippen LogP contribution in [0.25, 0.3) is 0 Å². The van der Waals surface area contributed by atoms with Gasteiger partial charge in [-0.1, -0.05) is 12.2 Å². The Balaban J connectivity index is 1.90. The molecule has 0 unspecified atom stereocenters. The molecule has 0 radical (unpaired) electrons. The molecule has 25 heavy (non-hydrogen) atoms. The van der Waals surface area contributed by atoms with Crippen molar-refractivity contribution in [2.45, 2.75) is 58.2 Å². The maximum atomic E-state index is 12.8. The van der Waals surface area contributed by atoms with Gasteiger partial charge in [0.2, 0.25) is 0 Å². The molecule has 0 atom stereocenters. The number of carbonyl (C=O) groups is 2. The van der Waals surface area contributed by atoms with E-state index in [0.717, 1.165) is 6.08 Å². The highest BCUT2D eigenvalue weighted by atomic mass is 19.4. The van der Waals surface area contributed by atoms with Gasteiger partial charge in [0.15, 0.2) is 5.78 Å². The number of Topliss-reactive ketones (excluding diaryl/α,β-unsaturated/α-hetero) is 1. The number of piperidine rings is 1. The molecule has 2 rings (SSSR count). The van der Waals surface area contributed by atoms with Gasteiger partial charge in [0, 0.05) is 31.0 Å². The Hall–Kier alpha value is -1.79. The van der Waals surface area contributed by atoms with Gasteiger partial charge in [-0.05, 0) is 45.6 Å². The van der Waals surface area contributed by atoms with Crippen molar-refractivity contribution in [2.75, 3.05) is 13.1 Å². The first-order valence-corrected chi connectivity index (χ1v) is 8.45. The number of amides is 1. The first kappa shape index (κ1) is 19.5. The van der Waals surface area contributed by atoms with Crippen molar-refractivity contribution in [1.82, 2.24) is 4.90 Å². The number of hydrogen-bond acceptors (Lipinski definition) is 3. The van der Waals surface area contributed by atoms with Crippen molar-refractivity contribution in [2.24, 2.45) is 5.92 Å². The van der Waals surface area contributed by atoms with Crippen LogP contribution in [0.3, 0.4) is 0 Å². The molecule has 1 aliphatic heterocycles. The quantitative estimate of drug-likeness (QED) is 0.686. The van der Waals surface area contributed by atoms with E-state index in [-0.39, 0.29) is 30.1 Å². The molecule has 0 aromatic heterocycles. The minimum absolute atomic E-state index is 0.132. The third-order valence-electron chi connectivity index (χ3n) is 4.31. The van der Waals surface area contributed by atoms with Crippen molar-refractivity contribution in [3.05, 3.63) is 23.3 Å². The summed E-state index contributed by atoms with van der Waals surface area (Å²) in [4.78, 5) is 26.1. The number of allylic oxidation sites excluding steroid dienone is 4. The lowest BCUT2D eigenvalue weighted by Gasteiger charge is -2.33. The largest absolute Gasteiger partial charge is 0.444 e. The van der Waals surface area contributed by atoms with Crippen LogP contribution in [0, 0.1) is 5.92 Å². The molecule has 1 saturated heterocycles. The van der Waals surface area contributed by atoms with Gasteiger partial charge in [0.25, 0.3) is 0 Å². The Labute approximate surface area is 145 Å². The fourth-order valence-electron chi connectivity index (χ4n) is 3.01. The number of alkyl halides is 3. The van der Waals surface area contributed by atoms with E-state index in [0.29, 0.717) is 25.9 Å². The fraction of sp³-hybridized carbons (Fsp3) is 0.667. The first-order valence-electron chi connectivity index (χ1n) is 8.45. The van der Waals surface area contributed by atoms with Crippen LogP contribution in [0.5, 0.6) is 0 Å². The van der Waals surface area contributed by atoms with Crippen LogP contribution >= 0.6 is 0 Å². The zero-order chi connectivity index (χ0) is 18.8. The summed E-state index contributed by atoms with van der Waals surface area (Å²) < 4.78 is 43.8. The van der Waals surface area contributed by atoms with E-state index in [1.54, 1.807) is 31.7 Å². The monoisotopic (exact) mass is 359 g/mol. The van der Waals surface area contributed by atoms with Crippen molar-refractivity contribution in [3.63, 3.8) is 0 Å². The molecule has 0 spiro atoms. The molecule has 0 N–H and O–H groups in total. The van der Waals surface area contributed by atoms with E-state index in [2.05, 4.69) is 0 Å². The van der Waals surface area contributed by atoms with Crippen LogP contribution in [-0.2, 0) is 9.53 Å². The standard InChI is InChI=1S/C18H24F3NO3/c1-17(2,3)25-16(24)22-9-7-12(8-10-22)15(23)13-5-4-6-14(11-13)18(19,20)21/h5-6,12H,4,7-11H2,1-3H3. The number of ketones is 1. The second-order valence-electron chi connectivity index (χ2n) is 7.47. The average molecular weight is 359 g/mol. The van der Waals surface area contributed by atoms with Crippen molar-refractivity contribution >= 4 is 11.9 Å². The predicted octanol–water partition coefficient (Wildman–Crippen LogP) is 4.41. The molecule has 1 fully saturated rings. The summed E-state index contributed by atoms with van der Waals surface area (Å²) in [5.74, 6) is -0.559. The number of ether oxygens (including phenoxy) is 1. The molecule has 140 valence electrons. The van der Waals surface area contributed by atoms with Crippen LogP contribution in [0.4, 0.5) is 18.0 Å². The Bertz CT molecular complexity index is 592. The minimum Gasteiger partial charge on any atom is -0.444 e. The number of rotatable bonds is 2. The Morgan fingerprint density at radius 1 is 1.12 bits per heavy atom. The summed E-state index contributed by atoms with van der Waals surface area (Å²) in [5, 5.41) is 0. The van der Waals surface area contributed by atoms with E-state index in [1.165, 1.54) is 0 Å². The zero-order valence-corrected chi connectivity index (χ0v) is 14.8. The van der Waals surface area contributed by atoms with Gasteiger partial charge in [-0.3, -0.25) is 4.79 Å². The summed E-state index contributed by atoms with van der Waals surface area (Å²) in [5.41, 5.74) is -0.994. The van der Waals surface area contributed by atoms with E-state index in [4.69, 9.17) is 4.74 Å². The van der Waals surface area contributed by atoms with Gasteiger partial charge in [0.05, 0.1) is 0 Å². The molecule has 1 aliphatic carbocycles. The number of hydrogen-bond donors (Lipinski definition) is 0. The smallest absolute Gasteiger partial charge is 0.412 e. The molecular weight excluding hydrogens is 335 g/mol. The lowest BCUT2D eigenvalue weighted by atomic mass is 9.84. The van der Waals surface area contributed by atoms with Gasteiger partial charge in [-0.25, -0.2) is 4.79 Å². The second kappa shape index (κ2) is 7.22. The summed E-state index contributed by atoms with van der Waals surface area (Å²) in [6, 6.07) is 0. The van der Waals surface area contributed by atoms with Crippen molar-refractivity contribution < 1.29 is 27.5 Å². The van der Waals surface area contributed by atoms with Gasteiger partial charge < -0.3 is 9.64 Å². The highest BCUT2D eigenvalue weighted by Gasteiger charge is 2.37. The van der Waals surface area contributed by atoms with E-state index in [9.17, 15) is 22.8 Å². The maximum Gasteiger partial charge on any atom is 0.412 e. The molecule has 1 amide bonds. The minimum atomic E-state index is -4.39. The molecule has 2 aliphatic rings. The summed E-state index contributed by atoms with van der Waals surface area (Å²) in [6.45, 7) is 6.09. The van der Waals surface area contributed by atoms with Gasteiger partial charge in [-0.15, -0.1) is 0 Å². The van der Waals surface area contributed by atoms with Gasteiger partial charge >= 0.3 is 12.3 Å². The van der Waals surface area contributed by atoms with Crippen LogP contribution in [0.15, 0.2) is 23.3 Å². The average Bonchev–Trinajstić information content (AvgIpc) is 2.52. The molecule has 0 bridgehead atoms. The predicted molar refractivity (Wildman–Crippen MR) is 87.0 cm³/mol. The first-order chi connectivity index (χ1) is 11.5. The molecule has 7 heteroatoms.